The summed E-state index contributed by atoms with van der Waals surface area (Å²) in [6.45, 7) is 0.0328. The molecule has 0 aliphatic carbocycles. The van der Waals surface area contributed by atoms with Crippen LogP contribution in [0, 0.1) is 11.6 Å². The van der Waals surface area contributed by atoms with Crippen molar-refractivity contribution < 1.29 is 13.9 Å². The molecular weight excluding hydrogens is 258 g/mol. The molecule has 14 heavy (non-hydrogen) atoms. The first-order valence-corrected chi connectivity index (χ1v) is 4.60. The van der Waals surface area contributed by atoms with Crippen LogP contribution in [0.5, 0.6) is 5.75 Å². The smallest absolute Gasteiger partial charge is 0.201 e. The summed E-state index contributed by atoms with van der Waals surface area (Å²) in [4.78, 5) is 0. The molecule has 1 aromatic rings. The third kappa shape index (κ3) is 1.87. The van der Waals surface area contributed by atoms with Crippen molar-refractivity contribution in [1.82, 2.24) is 0 Å². The summed E-state index contributed by atoms with van der Waals surface area (Å²) in [5, 5.41) is 9.23. The van der Waals surface area contributed by atoms with Crippen LogP contribution in [0.25, 0.3) is 0 Å². The molecule has 0 aromatic heterocycles. The van der Waals surface area contributed by atoms with E-state index in [1.165, 1.54) is 6.07 Å². The molecule has 1 rings (SSSR count). The highest BCUT2D eigenvalue weighted by Crippen LogP contribution is 2.32. The molecule has 0 aliphatic heterocycles. The van der Waals surface area contributed by atoms with Crippen LogP contribution in [0.3, 0.4) is 0 Å². The second-order valence-electron chi connectivity index (χ2n) is 2.77. The Labute approximate surface area is 87.8 Å². The van der Waals surface area contributed by atoms with Crippen LogP contribution < -0.4 is 11.5 Å². The van der Waals surface area contributed by atoms with Gasteiger partial charge in [-0.25, -0.2) is 4.39 Å². The van der Waals surface area contributed by atoms with Crippen molar-refractivity contribution in [3.05, 3.63) is 27.7 Å². The lowest BCUT2D eigenvalue weighted by Gasteiger charge is -2.12. The number of hydrogen-bond acceptors (Lipinski definition) is 3. The topological polar surface area (TPSA) is 72.3 Å². The maximum absolute atomic E-state index is 13.0. The maximum Gasteiger partial charge on any atom is 0.201 e. The van der Waals surface area contributed by atoms with Crippen molar-refractivity contribution in [3.63, 3.8) is 0 Å². The van der Waals surface area contributed by atoms with E-state index in [0.29, 0.717) is 0 Å². The highest BCUT2D eigenvalue weighted by molar-refractivity contribution is 9.10. The van der Waals surface area contributed by atoms with Gasteiger partial charge in [0.25, 0.3) is 0 Å². The molecule has 6 heteroatoms. The van der Waals surface area contributed by atoms with Gasteiger partial charge in [-0.1, -0.05) is 0 Å². The first kappa shape index (κ1) is 11.4. The van der Waals surface area contributed by atoms with Gasteiger partial charge in [0, 0.05) is 18.2 Å². The van der Waals surface area contributed by atoms with Crippen molar-refractivity contribution in [2.24, 2.45) is 11.5 Å². The van der Waals surface area contributed by atoms with Gasteiger partial charge in [-0.2, -0.15) is 4.39 Å². The zero-order chi connectivity index (χ0) is 10.9. The molecule has 3 nitrogen and oxygen atoms in total. The Kier molecular flexibility index (Phi) is 3.41. The minimum atomic E-state index is -1.32. The quantitative estimate of drug-likeness (QED) is 0.709. The Bertz CT molecular complexity index is 360. The van der Waals surface area contributed by atoms with Crippen molar-refractivity contribution in [2.45, 2.75) is 6.04 Å². The largest absolute Gasteiger partial charge is 0.505 e. The van der Waals surface area contributed by atoms with E-state index in [-0.39, 0.29) is 16.6 Å². The fourth-order valence-corrected chi connectivity index (χ4v) is 1.43. The Balaban J connectivity index is 3.33. The Hall–Kier alpha value is -0.720. The number of nitrogens with two attached hydrogens (primary N) is 2. The first-order chi connectivity index (χ1) is 6.49. The molecule has 0 bridgehead atoms. The van der Waals surface area contributed by atoms with Gasteiger partial charge in [-0.05, 0) is 22.0 Å². The van der Waals surface area contributed by atoms with Crippen molar-refractivity contribution >= 4 is 15.9 Å². The van der Waals surface area contributed by atoms with Crippen molar-refractivity contribution in [2.75, 3.05) is 6.54 Å². The van der Waals surface area contributed by atoms with Crippen molar-refractivity contribution in [1.29, 1.82) is 0 Å². The van der Waals surface area contributed by atoms with E-state index in [1.54, 1.807) is 0 Å². The molecule has 0 saturated carbocycles. The zero-order valence-corrected chi connectivity index (χ0v) is 8.68. The van der Waals surface area contributed by atoms with Gasteiger partial charge in [0.2, 0.25) is 5.82 Å². The van der Waals surface area contributed by atoms with E-state index >= 15 is 0 Å². The molecule has 78 valence electrons. The number of phenols is 1. The number of benzene rings is 1. The third-order valence-corrected chi connectivity index (χ3v) is 2.40. The predicted octanol–water partition coefficient (Wildman–Crippen LogP) is 1.39. The standard InChI is InChI=1S/C8H9BrF2N2O/c9-4-1-3(5(13)2-12)8(14)7(11)6(4)10/h1,5,14H,2,12-13H2/t5-/m0/s1. The molecule has 0 amide bonds. The summed E-state index contributed by atoms with van der Waals surface area (Å²) in [6.07, 6.45) is 0. The zero-order valence-electron chi connectivity index (χ0n) is 7.10. The van der Waals surface area contributed by atoms with Crippen LogP contribution in [0.1, 0.15) is 11.6 Å². The Morgan fingerprint density at radius 2 is 2.00 bits per heavy atom. The summed E-state index contributed by atoms with van der Waals surface area (Å²) >= 11 is 2.81. The Morgan fingerprint density at radius 3 is 2.50 bits per heavy atom. The normalized spacial score (nSPS) is 12.9. The van der Waals surface area contributed by atoms with Crippen LogP contribution in [0.2, 0.25) is 0 Å². The molecule has 0 heterocycles. The highest BCUT2D eigenvalue weighted by Gasteiger charge is 2.19. The summed E-state index contributed by atoms with van der Waals surface area (Å²) in [7, 11) is 0. The lowest BCUT2D eigenvalue weighted by molar-refractivity contribution is 0.396. The van der Waals surface area contributed by atoms with E-state index in [0.717, 1.165) is 0 Å². The molecule has 5 N–H and O–H groups in total. The number of rotatable bonds is 2. The Morgan fingerprint density at radius 1 is 1.43 bits per heavy atom. The molecule has 0 saturated heterocycles. The average molecular weight is 267 g/mol. The molecule has 0 radical (unpaired) electrons. The van der Waals surface area contributed by atoms with Crippen LogP contribution in [-0.4, -0.2) is 11.7 Å². The van der Waals surface area contributed by atoms with Crippen LogP contribution in [-0.2, 0) is 0 Å². The van der Waals surface area contributed by atoms with Gasteiger partial charge in [-0.15, -0.1) is 0 Å². The minimum absolute atomic E-state index is 0.0328. The molecular formula is C8H9BrF2N2O. The fraction of sp³-hybridized carbons (Fsp3) is 0.250. The summed E-state index contributed by atoms with van der Waals surface area (Å²) in [5.74, 6) is -3.25. The molecule has 0 aliphatic rings. The van der Waals surface area contributed by atoms with Gasteiger partial charge < -0.3 is 16.6 Å². The van der Waals surface area contributed by atoms with E-state index in [4.69, 9.17) is 11.5 Å². The first-order valence-electron chi connectivity index (χ1n) is 3.81. The predicted molar refractivity (Wildman–Crippen MR) is 51.7 cm³/mol. The number of hydrogen-bond donors (Lipinski definition) is 3. The highest BCUT2D eigenvalue weighted by atomic mass is 79.9. The summed E-state index contributed by atoms with van der Waals surface area (Å²) in [6, 6.07) is 0.493. The SMILES string of the molecule is NC[C@H](N)c1cc(Br)c(F)c(F)c1O. The van der Waals surface area contributed by atoms with Crippen LogP contribution in [0.15, 0.2) is 10.5 Å². The molecule has 1 aromatic carbocycles. The number of halogens is 3. The molecule has 0 spiro atoms. The van der Waals surface area contributed by atoms with E-state index in [9.17, 15) is 13.9 Å². The maximum atomic E-state index is 13.0. The van der Waals surface area contributed by atoms with E-state index in [1.807, 2.05) is 0 Å². The second-order valence-corrected chi connectivity index (χ2v) is 3.62. The van der Waals surface area contributed by atoms with Crippen molar-refractivity contribution in [3.8, 4) is 5.75 Å². The summed E-state index contributed by atoms with van der Waals surface area (Å²) in [5.41, 5.74) is 10.8. The van der Waals surface area contributed by atoms with E-state index < -0.39 is 23.4 Å². The summed E-state index contributed by atoms with van der Waals surface area (Å²) < 4.78 is 25.8. The van der Waals surface area contributed by atoms with Crippen LogP contribution >= 0.6 is 15.9 Å². The minimum Gasteiger partial charge on any atom is -0.505 e. The lowest BCUT2D eigenvalue weighted by atomic mass is 10.1. The number of aromatic hydroxyl groups is 1. The monoisotopic (exact) mass is 266 g/mol. The van der Waals surface area contributed by atoms with Gasteiger partial charge in [0.05, 0.1) is 4.47 Å². The van der Waals surface area contributed by atoms with Gasteiger partial charge >= 0.3 is 0 Å². The van der Waals surface area contributed by atoms with Gasteiger partial charge in [0.1, 0.15) is 0 Å². The lowest BCUT2D eigenvalue weighted by Crippen LogP contribution is -2.21. The van der Waals surface area contributed by atoms with Crippen LogP contribution in [0.4, 0.5) is 8.78 Å². The third-order valence-electron chi connectivity index (χ3n) is 1.82. The average Bonchev–Trinajstić information content (AvgIpc) is 2.19. The fourth-order valence-electron chi connectivity index (χ4n) is 1.01. The molecule has 1 atom stereocenters. The van der Waals surface area contributed by atoms with E-state index in [2.05, 4.69) is 15.9 Å². The molecule has 0 unspecified atom stereocenters. The molecule has 0 fully saturated rings. The second kappa shape index (κ2) is 4.20. The van der Waals surface area contributed by atoms with Gasteiger partial charge in [-0.3, -0.25) is 0 Å². The number of phenolic OH excluding ortho intramolecular Hbond substituents is 1. The van der Waals surface area contributed by atoms with Gasteiger partial charge in [0.15, 0.2) is 11.6 Å².